The molecule has 0 saturated heterocycles. The van der Waals surface area contributed by atoms with Crippen molar-refractivity contribution in [2.24, 2.45) is 0 Å². The van der Waals surface area contributed by atoms with E-state index in [4.69, 9.17) is 0 Å². The van der Waals surface area contributed by atoms with Crippen LogP contribution in [0.4, 0.5) is 0 Å². The van der Waals surface area contributed by atoms with Crippen molar-refractivity contribution in [3.8, 4) is 0 Å². The number of H-pyrrole nitrogens is 1. The van der Waals surface area contributed by atoms with Gasteiger partial charge in [-0.05, 0) is 38.7 Å². The highest BCUT2D eigenvalue weighted by molar-refractivity contribution is 4.99. The van der Waals surface area contributed by atoms with Gasteiger partial charge in [-0.15, -0.1) is 0 Å². The standard InChI is InChI=1S/C15H21N5O/c1-11-2-7-15(21)20(19-11)14-5-3-12(4-6-14)17-9-13-8-16-10-18-13/h2,7-8,10,12,14,17H,3-6,9H2,1H3,(H,16,18). The third-order valence-corrected chi connectivity index (χ3v) is 4.14. The molecule has 3 rings (SSSR count). The number of rotatable bonds is 4. The Kier molecular flexibility index (Phi) is 4.15. The highest BCUT2D eigenvalue weighted by Crippen LogP contribution is 2.27. The Hall–Kier alpha value is -1.95. The van der Waals surface area contributed by atoms with E-state index in [1.807, 2.05) is 13.1 Å². The van der Waals surface area contributed by atoms with Crippen LogP contribution in [0.15, 0.2) is 29.5 Å². The molecule has 2 aromatic heterocycles. The smallest absolute Gasteiger partial charge is 0.267 e. The summed E-state index contributed by atoms with van der Waals surface area (Å²) in [5, 5.41) is 7.92. The second-order valence-electron chi connectivity index (χ2n) is 5.72. The van der Waals surface area contributed by atoms with E-state index < -0.39 is 0 Å². The minimum atomic E-state index is 0.00877. The summed E-state index contributed by atoms with van der Waals surface area (Å²) < 4.78 is 1.67. The second-order valence-corrected chi connectivity index (χ2v) is 5.72. The van der Waals surface area contributed by atoms with Gasteiger partial charge in [0.2, 0.25) is 0 Å². The molecule has 112 valence electrons. The summed E-state index contributed by atoms with van der Waals surface area (Å²) in [6.45, 7) is 2.74. The van der Waals surface area contributed by atoms with E-state index >= 15 is 0 Å². The predicted molar refractivity (Wildman–Crippen MR) is 80.0 cm³/mol. The first-order valence-corrected chi connectivity index (χ1v) is 7.49. The first-order chi connectivity index (χ1) is 10.2. The average Bonchev–Trinajstić information content (AvgIpc) is 3.02. The fourth-order valence-electron chi connectivity index (χ4n) is 2.94. The predicted octanol–water partition coefficient (Wildman–Crippen LogP) is 1.55. The summed E-state index contributed by atoms with van der Waals surface area (Å²) >= 11 is 0. The number of hydrogen-bond donors (Lipinski definition) is 2. The van der Waals surface area contributed by atoms with Crippen LogP contribution < -0.4 is 10.9 Å². The van der Waals surface area contributed by atoms with Gasteiger partial charge in [0, 0.05) is 30.5 Å². The summed E-state index contributed by atoms with van der Waals surface area (Å²) in [4.78, 5) is 19.0. The quantitative estimate of drug-likeness (QED) is 0.894. The van der Waals surface area contributed by atoms with E-state index in [0.717, 1.165) is 43.6 Å². The lowest BCUT2D eigenvalue weighted by Crippen LogP contribution is -2.36. The lowest BCUT2D eigenvalue weighted by Gasteiger charge is -2.29. The van der Waals surface area contributed by atoms with Crippen molar-refractivity contribution in [2.45, 2.75) is 51.2 Å². The summed E-state index contributed by atoms with van der Waals surface area (Å²) in [7, 11) is 0. The monoisotopic (exact) mass is 287 g/mol. The SMILES string of the molecule is Cc1ccc(=O)n(C2CCC(NCc3cnc[nH]3)CC2)n1. The Labute approximate surface area is 123 Å². The van der Waals surface area contributed by atoms with E-state index in [1.165, 1.54) is 0 Å². The molecular weight excluding hydrogens is 266 g/mol. The van der Waals surface area contributed by atoms with Crippen LogP contribution in [0.2, 0.25) is 0 Å². The van der Waals surface area contributed by atoms with Gasteiger partial charge in [-0.2, -0.15) is 5.10 Å². The number of nitrogens with one attached hydrogen (secondary N) is 2. The summed E-state index contributed by atoms with van der Waals surface area (Å²) in [5.74, 6) is 0. The van der Waals surface area contributed by atoms with Gasteiger partial charge in [0.1, 0.15) is 0 Å². The van der Waals surface area contributed by atoms with Crippen LogP contribution in [0.5, 0.6) is 0 Å². The van der Waals surface area contributed by atoms with Gasteiger partial charge in [0.15, 0.2) is 0 Å². The Morgan fingerprint density at radius 3 is 2.86 bits per heavy atom. The van der Waals surface area contributed by atoms with Crippen molar-refractivity contribution in [3.63, 3.8) is 0 Å². The molecule has 0 aromatic carbocycles. The zero-order valence-electron chi connectivity index (χ0n) is 12.2. The molecule has 0 unspecified atom stereocenters. The van der Waals surface area contributed by atoms with E-state index in [1.54, 1.807) is 23.1 Å². The highest BCUT2D eigenvalue weighted by atomic mass is 16.1. The van der Waals surface area contributed by atoms with Crippen molar-refractivity contribution in [1.29, 1.82) is 0 Å². The molecule has 1 fully saturated rings. The lowest BCUT2D eigenvalue weighted by molar-refractivity contribution is 0.267. The topological polar surface area (TPSA) is 75.6 Å². The van der Waals surface area contributed by atoms with Crippen LogP contribution >= 0.6 is 0 Å². The first kappa shape index (κ1) is 14.0. The van der Waals surface area contributed by atoms with Crippen LogP contribution in [0.25, 0.3) is 0 Å². The van der Waals surface area contributed by atoms with Crippen LogP contribution in [0.3, 0.4) is 0 Å². The van der Waals surface area contributed by atoms with Crippen LogP contribution in [0, 0.1) is 6.92 Å². The van der Waals surface area contributed by atoms with Gasteiger partial charge in [-0.1, -0.05) is 0 Å². The molecule has 0 bridgehead atoms. The van der Waals surface area contributed by atoms with Gasteiger partial charge in [0.05, 0.1) is 18.1 Å². The second kappa shape index (κ2) is 6.22. The molecule has 0 spiro atoms. The number of aromatic amines is 1. The molecule has 0 amide bonds. The molecule has 1 saturated carbocycles. The fourth-order valence-corrected chi connectivity index (χ4v) is 2.94. The molecule has 2 aromatic rings. The molecule has 0 radical (unpaired) electrons. The number of aryl methyl sites for hydroxylation is 1. The van der Waals surface area contributed by atoms with E-state index in [-0.39, 0.29) is 11.6 Å². The summed E-state index contributed by atoms with van der Waals surface area (Å²) in [6, 6.07) is 4.13. The molecule has 0 atom stereocenters. The molecule has 2 N–H and O–H groups in total. The van der Waals surface area contributed by atoms with Crippen molar-refractivity contribution >= 4 is 0 Å². The number of aromatic nitrogens is 4. The Morgan fingerprint density at radius 1 is 1.33 bits per heavy atom. The largest absolute Gasteiger partial charge is 0.347 e. The van der Waals surface area contributed by atoms with Gasteiger partial charge in [-0.25, -0.2) is 9.67 Å². The Bertz CT molecular complexity index is 626. The van der Waals surface area contributed by atoms with Crippen molar-refractivity contribution in [1.82, 2.24) is 25.1 Å². The van der Waals surface area contributed by atoms with Gasteiger partial charge in [0.25, 0.3) is 5.56 Å². The third-order valence-electron chi connectivity index (χ3n) is 4.14. The number of imidazole rings is 1. The molecule has 1 aliphatic carbocycles. The maximum atomic E-state index is 11.9. The zero-order chi connectivity index (χ0) is 14.7. The molecule has 0 aliphatic heterocycles. The zero-order valence-corrected chi connectivity index (χ0v) is 12.2. The normalized spacial score (nSPS) is 22.3. The molecular formula is C15H21N5O. The average molecular weight is 287 g/mol. The Balaban J connectivity index is 1.55. The van der Waals surface area contributed by atoms with E-state index in [2.05, 4.69) is 20.4 Å². The van der Waals surface area contributed by atoms with Crippen LogP contribution in [-0.4, -0.2) is 25.8 Å². The van der Waals surface area contributed by atoms with E-state index in [0.29, 0.717) is 6.04 Å². The van der Waals surface area contributed by atoms with Gasteiger partial charge < -0.3 is 10.3 Å². The van der Waals surface area contributed by atoms with Crippen LogP contribution in [0.1, 0.15) is 43.1 Å². The van der Waals surface area contributed by atoms with Crippen molar-refractivity contribution in [2.75, 3.05) is 0 Å². The number of nitrogens with zero attached hydrogens (tertiary/aromatic N) is 3. The van der Waals surface area contributed by atoms with Crippen molar-refractivity contribution in [3.05, 3.63) is 46.4 Å². The fraction of sp³-hybridized carbons (Fsp3) is 0.533. The van der Waals surface area contributed by atoms with Crippen LogP contribution in [-0.2, 0) is 6.54 Å². The lowest BCUT2D eigenvalue weighted by atomic mass is 9.91. The number of hydrogen-bond acceptors (Lipinski definition) is 4. The summed E-state index contributed by atoms with van der Waals surface area (Å²) in [6.07, 6.45) is 7.67. The van der Waals surface area contributed by atoms with Crippen molar-refractivity contribution < 1.29 is 0 Å². The van der Waals surface area contributed by atoms with E-state index in [9.17, 15) is 4.79 Å². The molecule has 2 heterocycles. The molecule has 6 nitrogen and oxygen atoms in total. The molecule has 1 aliphatic rings. The van der Waals surface area contributed by atoms with Gasteiger partial charge >= 0.3 is 0 Å². The first-order valence-electron chi connectivity index (χ1n) is 7.49. The minimum Gasteiger partial charge on any atom is -0.347 e. The Morgan fingerprint density at radius 2 is 2.14 bits per heavy atom. The highest BCUT2D eigenvalue weighted by Gasteiger charge is 2.23. The third kappa shape index (κ3) is 3.39. The van der Waals surface area contributed by atoms with Gasteiger partial charge in [-0.3, -0.25) is 4.79 Å². The molecule has 6 heteroatoms. The minimum absolute atomic E-state index is 0.00877. The summed E-state index contributed by atoms with van der Waals surface area (Å²) in [5.41, 5.74) is 2.01. The maximum absolute atomic E-state index is 11.9. The maximum Gasteiger partial charge on any atom is 0.267 e. The molecule has 21 heavy (non-hydrogen) atoms.